The standard InChI is InChI=1S/C8H6ClNO.H6OSi2/c9-7-4-2-1-3-6(7)8(11)5-10;2-1-3/h1-4,8,11H;2-3H3/t8-;/m1./s1. The maximum absolute atomic E-state index is 9.06. The van der Waals surface area contributed by atoms with Gasteiger partial charge in [0, 0.05) is 10.6 Å². The molecule has 0 unspecified atom stereocenters. The highest BCUT2D eigenvalue weighted by Crippen LogP contribution is 2.21. The highest BCUT2D eigenvalue weighted by Gasteiger charge is 2.07. The van der Waals surface area contributed by atoms with Crippen LogP contribution < -0.4 is 0 Å². The molecule has 0 amide bonds. The highest BCUT2D eigenvalue weighted by atomic mass is 35.5. The first kappa shape index (κ1) is 13.4. The fourth-order valence-electron chi connectivity index (χ4n) is 0.766. The van der Waals surface area contributed by atoms with Crippen molar-refractivity contribution in [1.82, 2.24) is 0 Å². The van der Waals surface area contributed by atoms with Crippen LogP contribution in [0.25, 0.3) is 0 Å². The molecular formula is C8H12ClNO2Si2. The Morgan fingerprint density at radius 2 is 1.93 bits per heavy atom. The van der Waals surface area contributed by atoms with E-state index < -0.39 is 6.10 Å². The minimum atomic E-state index is -1.12. The number of aliphatic hydroxyl groups excluding tert-OH is 1. The lowest BCUT2D eigenvalue weighted by Crippen LogP contribution is -1.93. The van der Waals surface area contributed by atoms with E-state index in [4.69, 9.17) is 22.0 Å². The first-order chi connectivity index (χ1) is 6.67. The second kappa shape index (κ2) is 7.73. The molecule has 0 fully saturated rings. The van der Waals surface area contributed by atoms with E-state index in [-0.39, 0.29) is 0 Å². The third kappa shape index (κ3) is 4.55. The van der Waals surface area contributed by atoms with Gasteiger partial charge in [-0.1, -0.05) is 29.8 Å². The molecule has 1 N–H and O–H groups in total. The summed E-state index contributed by atoms with van der Waals surface area (Å²) in [5, 5.41) is 17.8. The van der Waals surface area contributed by atoms with E-state index in [1.807, 2.05) is 0 Å². The van der Waals surface area contributed by atoms with Gasteiger partial charge in [-0.15, -0.1) is 0 Å². The molecule has 1 aromatic carbocycles. The number of hydrogen-bond acceptors (Lipinski definition) is 3. The number of benzene rings is 1. The normalized spacial score (nSPS) is 11.2. The van der Waals surface area contributed by atoms with Crippen LogP contribution in [-0.4, -0.2) is 26.1 Å². The molecular weight excluding hydrogens is 234 g/mol. The molecule has 6 heteroatoms. The Balaban J connectivity index is 0.000000500. The molecule has 76 valence electrons. The molecule has 0 aliphatic carbocycles. The molecule has 0 aliphatic heterocycles. The fraction of sp³-hybridized carbons (Fsp3) is 0.125. The second-order valence-corrected chi connectivity index (χ2v) is 6.13. The Bertz CT molecular complexity index is 316. The Morgan fingerprint density at radius 3 is 2.36 bits per heavy atom. The maximum atomic E-state index is 9.06. The summed E-state index contributed by atoms with van der Waals surface area (Å²) in [5.74, 6) is 0. The van der Waals surface area contributed by atoms with E-state index in [2.05, 4.69) is 4.12 Å². The van der Waals surface area contributed by atoms with Crippen LogP contribution in [0.1, 0.15) is 11.7 Å². The largest absolute Gasteiger partial charge is 0.471 e. The molecule has 3 nitrogen and oxygen atoms in total. The Morgan fingerprint density at radius 1 is 1.43 bits per heavy atom. The van der Waals surface area contributed by atoms with Crippen LogP contribution in [-0.2, 0) is 4.12 Å². The van der Waals surface area contributed by atoms with E-state index in [1.165, 1.54) is 0 Å². The van der Waals surface area contributed by atoms with Crippen LogP contribution in [0.5, 0.6) is 0 Å². The summed E-state index contributed by atoms with van der Waals surface area (Å²) in [6.07, 6.45) is -1.12. The van der Waals surface area contributed by atoms with Gasteiger partial charge < -0.3 is 9.22 Å². The summed E-state index contributed by atoms with van der Waals surface area (Å²) < 4.78 is 4.53. The van der Waals surface area contributed by atoms with Crippen molar-refractivity contribution in [3.05, 3.63) is 34.9 Å². The molecule has 14 heavy (non-hydrogen) atoms. The molecule has 0 saturated heterocycles. The van der Waals surface area contributed by atoms with Crippen LogP contribution >= 0.6 is 11.6 Å². The third-order valence-corrected chi connectivity index (χ3v) is 1.67. The summed E-state index contributed by atoms with van der Waals surface area (Å²) in [4.78, 5) is 0. The van der Waals surface area contributed by atoms with Crippen molar-refractivity contribution in [2.75, 3.05) is 0 Å². The van der Waals surface area contributed by atoms with Gasteiger partial charge >= 0.3 is 0 Å². The summed E-state index contributed by atoms with van der Waals surface area (Å²) in [6.45, 7) is 0. The van der Waals surface area contributed by atoms with Crippen molar-refractivity contribution in [3.8, 4) is 6.07 Å². The SMILES string of the molecule is N#C[C@@H](O)c1ccccc1Cl.[SiH3]O[SiH3]. The number of nitrogens with zero attached hydrogens (tertiary/aromatic N) is 1. The van der Waals surface area contributed by atoms with Crippen molar-refractivity contribution in [1.29, 1.82) is 5.26 Å². The van der Waals surface area contributed by atoms with E-state index >= 15 is 0 Å². The Hall–Kier alpha value is -0.646. The van der Waals surface area contributed by atoms with Crippen molar-refractivity contribution in [2.24, 2.45) is 0 Å². The van der Waals surface area contributed by atoms with E-state index in [1.54, 1.807) is 30.3 Å². The molecule has 1 atom stereocenters. The van der Waals surface area contributed by atoms with Gasteiger partial charge in [-0.25, -0.2) is 0 Å². The number of nitriles is 1. The van der Waals surface area contributed by atoms with Crippen molar-refractivity contribution in [3.63, 3.8) is 0 Å². The van der Waals surface area contributed by atoms with Crippen LogP contribution in [0.2, 0.25) is 5.02 Å². The van der Waals surface area contributed by atoms with Crippen molar-refractivity contribution >= 4 is 32.6 Å². The molecule has 1 rings (SSSR count). The molecule has 0 aliphatic rings. The minimum absolute atomic E-state index is 0.418. The number of halogens is 1. The molecule has 0 heterocycles. The smallest absolute Gasteiger partial charge is 0.167 e. The number of hydrogen-bond donors (Lipinski definition) is 1. The molecule has 0 saturated carbocycles. The van der Waals surface area contributed by atoms with Gasteiger partial charge in [-0.05, 0) is 6.07 Å². The zero-order valence-corrected chi connectivity index (χ0v) is 12.8. The van der Waals surface area contributed by atoms with Gasteiger partial charge in [0.1, 0.15) is 21.0 Å². The van der Waals surface area contributed by atoms with Gasteiger partial charge in [0.15, 0.2) is 6.10 Å². The molecule has 0 bridgehead atoms. The summed E-state index contributed by atoms with van der Waals surface area (Å²) in [7, 11) is 1.86. The average Bonchev–Trinajstić information content (AvgIpc) is 2.19. The minimum Gasteiger partial charge on any atom is -0.471 e. The predicted molar refractivity (Wildman–Crippen MR) is 63.0 cm³/mol. The molecule has 0 aromatic heterocycles. The van der Waals surface area contributed by atoms with Crippen LogP contribution in [0.15, 0.2) is 24.3 Å². The lowest BCUT2D eigenvalue weighted by molar-refractivity contribution is 0.236. The van der Waals surface area contributed by atoms with Crippen LogP contribution in [0.4, 0.5) is 0 Å². The van der Waals surface area contributed by atoms with E-state index in [0.29, 0.717) is 10.6 Å². The first-order valence-corrected chi connectivity index (χ1v) is 5.90. The number of aliphatic hydroxyl groups is 1. The van der Waals surface area contributed by atoms with Gasteiger partial charge in [0.05, 0.1) is 6.07 Å². The average molecular weight is 246 g/mol. The third-order valence-electron chi connectivity index (χ3n) is 1.32. The summed E-state index contributed by atoms with van der Waals surface area (Å²) in [5.41, 5.74) is 0.455. The second-order valence-electron chi connectivity index (χ2n) is 2.46. The topological polar surface area (TPSA) is 53.2 Å². The molecule has 0 spiro atoms. The lowest BCUT2D eigenvalue weighted by atomic mass is 10.1. The maximum Gasteiger partial charge on any atom is 0.167 e. The monoisotopic (exact) mass is 245 g/mol. The quantitative estimate of drug-likeness (QED) is 0.534. The lowest BCUT2D eigenvalue weighted by Gasteiger charge is -2.02. The summed E-state index contributed by atoms with van der Waals surface area (Å²) >= 11 is 5.69. The van der Waals surface area contributed by atoms with E-state index in [9.17, 15) is 0 Å². The molecule has 1 aromatic rings. The summed E-state index contributed by atoms with van der Waals surface area (Å²) in [6, 6.07) is 8.42. The van der Waals surface area contributed by atoms with Crippen LogP contribution in [0.3, 0.4) is 0 Å². The Labute approximate surface area is 94.4 Å². The van der Waals surface area contributed by atoms with E-state index in [0.717, 1.165) is 21.0 Å². The zero-order valence-electron chi connectivity index (χ0n) is 8.07. The van der Waals surface area contributed by atoms with Crippen molar-refractivity contribution < 1.29 is 9.22 Å². The molecule has 0 radical (unpaired) electrons. The number of rotatable bonds is 1. The van der Waals surface area contributed by atoms with Gasteiger partial charge in [0.2, 0.25) is 0 Å². The first-order valence-electron chi connectivity index (χ1n) is 3.89. The van der Waals surface area contributed by atoms with Gasteiger partial charge in [0.25, 0.3) is 0 Å². The zero-order chi connectivity index (χ0) is 11.0. The van der Waals surface area contributed by atoms with Gasteiger partial charge in [-0.2, -0.15) is 5.26 Å². The van der Waals surface area contributed by atoms with Crippen molar-refractivity contribution in [2.45, 2.75) is 6.10 Å². The Kier molecular flexibility index (Phi) is 7.37. The van der Waals surface area contributed by atoms with Gasteiger partial charge in [-0.3, -0.25) is 0 Å². The predicted octanol–water partition coefficient (Wildman–Crippen LogP) is -0.539. The highest BCUT2D eigenvalue weighted by molar-refractivity contribution is 6.31. The fourth-order valence-corrected chi connectivity index (χ4v) is 1.01. The van der Waals surface area contributed by atoms with Crippen LogP contribution in [0, 0.1) is 11.3 Å².